The molecule has 0 unspecified atom stereocenters. The second kappa shape index (κ2) is 13.4. The summed E-state index contributed by atoms with van der Waals surface area (Å²) in [5.74, 6) is -1.52. The van der Waals surface area contributed by atoms with Crippen molar-refractivity contribution in [3.63, 3.8) is 0 Å². The van der Waals surface area contributed by atoms with Gasteiger partial charge in [0.25, 0.3) is 0 Å². The molecule has 4 rings (SSSR count). The van der Waals surface area contributed by atoms with Crippen LogP contribution in [0, 0.1) is 0 Å². The first-order valence-corrected chi connectivity index (χ1v) is 13.5. The average Bonchev–Trinajstić information content (AvgIpc) is 3.26. The summed E-state index contributed by atoms with van der Waals surface area (Å²) in [4.78, 5) is 11.7. The van der Waals surface area contributed by atoms with Crippen LogP contribution in [0.15, 0.2) is 0 Å². The second-order valence-electron chi connectivity index (χ2n) is 11.0. The first-order chi connectivity index (χ1) is 19.7. The van der Waals surface area contributed by atoms with E-state index in [-0.39, 0.29) is 0 Å². The quantitative estimate of drug-likeness (QED) is 0.121. The highest BCUT2D eigenvalue weighted by Gasteiger charge is 2.55. The lowest BCUT2D eigenvalue weighted by atomic mass is 9.96. The van der Waals surface area contributed by atoms with E-state index in [4.69, 9.17) is 33.2 Å². The van der Waals surface area contributed by atoms with Crippen molar-refractivity contribution < 1.29 is 89.0 Å². The Morgan fingerprint density at radius 2 is 1.02 bits per heavy atom. The van der Waals surface area contributed by atoms with Crippen molar-refractivity contribution >= 4 is 5.97 Å². The number of carboxylic acid groups (broad SMARTS) is 1. The molecule has 0 bridgehead atoms. The van der Waals surface area contributed by atoms with E-state index in [1.54, 1.807) is 0 Å². The highest BCUT2D eigenvalue weighted by molar-refractivity contribution is 5.73. The fourth-order valence-electron chi connectivity index (χ4n) is 5.36. The molecule has 0 amide bonds. The SMILES string of the molecule is C[C@@H]1O[C@@H](O[C@@H]2[C@@H](O)[C@H](C)O[C@@H](O[C@H]3[C@H](O[C@H]4[C@H](O)[C@@H](CO)O[C@@H]4C(=O)O)O[C@@H](C)[C@H](O)[C@H]3O)[C@@H]2O)[C@H](O)[C@H](O)[C@H]1O. The van der Waals surface area contributed by atoms with E-state index in [0.717, 1.165) is 0 Å². The molecule has 18 heteroatoms. The summed E-state index contributed by atoms with van der Waals surface area (Å²) in [6.07, 6.45) is -29.3. The molecule has 4 aliphatic heterocycles. The largest absolute Gasteiger partial charge is 0.479 e. The molecule has 4 saturated heterocycles. The molecule has 18 nitrogen and oxygen atoms in total. The second-order valence-corrected chi connectivity index (χ2v) is 11.0. The minimum atomic E-state index is -1.86. The van der Waals surface area contributed by atoms with Gasteiger partial charge >= 0.3 is 5.97 Å². The van der Waals surface area contributed by atoms with Gasteiger partial charge in [-0.05, 0) is 20.8 Å². The molecule has 0 radical (unpaired) electrons. The van der Waals surface area contributed by atoms with Crippen LogP contribution in [-0.2, 0) is 38.0 Å². The van der Waals surface area contributed by atoms with Gasteiger partial charge in [-0.15, -0.1) is 0 Å². The predicted molar refractivity (Wildman–Crippen MR) is 129 cm³/mol. The molecule has 0 spiro atoms. The summed E-state index contributed by atoms with van der Waals surface area (Å²) >= 11 is 0. The van der Waals surface area contributed by atoms with Crippen LogP contribution >= 0.6 is 0 Å². The van der Waals surface area contributed by atoms with Gasteiger partial charge in [-0.2, -0.15) is 0 Å². The monoisotopic (exact) mass is 616 g/mol. The number of ether oxygens (including phenoxy) is 7. The van der Waals surface area contributed by atoms with E-state index in [1.807, 2.05) is 0 Å². The lowest BCUT2D eigenvalue weighted by Crippen LogP contribution is -2.65. The van der Waals surface area contributed by atoms with Gasteiger partial charge in [0.1, 0.15) is 73.2 Å². The summed E-state index contributed by atoms with van der Waals surface area (Å²) in [6.45, 7) is 3.44. The van der Waals surface area contributed by atoms with Crippen molar-refractivity contribution in [1.82, 2.24) is 0 Å². The van der Waals surface area contributed by atoms with Crippen LogP contribution in [0.25, 0.3) is 0 Å². The molecule has 0 aromatic rings. The number of aliphatic carboxylic acids is 1. The van der Waals surface area contributed by atoms with Gasteiger partial charge in [0.15, 0.2) is 25.0 Å². The highest BCUT2D eigenvalue weighted by atomic mass is 16.8. The molecule has 0 aromatic carbocycles. The Hall–Kier alpha value is -1.17. The third-order valence-electron chi connectivity index (χ3n) is 8.01. The normalized spacial score (nSPS) is 53.7. The Kier molecular flexibility index (Phi) is 10.8. The number of aliphatic hydroxyl groups excluding tert-OH is 9. The Morgan fingerprint density at radius 3 is 1.60 bits per heavy atom. The van der Waals surface area contributed by atoms with Crippen LogP contribution < -0.4 is 0 Å². The first-order valence-electron chi connectivity index (χ1n) is 13.5. The highest BCUT2D eigenvalue weighted by Crippen LogP contribution is 2.34. The van der Waals surface area contributed by atoms with Gasteiger partial charge in [-0.1, -0.05) is 0 Å². The molecule has 10 N–H and O–H groups in total. The van der Waals surface area contributed by atoms with Crippen molar-refractivity contribution in [1.29, 1.82) is 0 Å². The van der Waals surface area contributed by atoms with Crippen LogP contribution in [-0.4, -0.2) is 180 Å². The van der Waals surface area contributed by atoms with Crippen molar-refractivity contribution in [3.8, 4) is 0 Å². The lowest BCUT2D eigenvalue weighted by Gasteiger charge is -2.48. The maximum absolute atomic E-state index is 11.7. The summed E-state index contributed by atoms with van der Waals surface area (Å²) < 4.78 is 38.8. The van der Waals surface area contributed by atoms with E-state index >= 15 is 0 Å². The number of carbonyl (C=O) groups is 1. The Balaban J connectivity index is 1.53. The maximum Gasteiger partial charge on any atom is 0.335 e. The molecule has 4 aliphatic rings. The Labute approximate surface area is 239 Å². The predicted octanol–water partition coefficient (Wildman–Crippen LogP) is -5.89. The summed E-state index contributed by atoms with van der Waals surface area (Å²) in [5, 5.41) is 103. The van der Waals surface area contributed by atoms with Gasteiger partial charge < -0.3 is 84.2 Å². The van der Waals surface area contributed by atoms with Crippen molar-refractivity contribution in [2.24, 2.45) is 0 Å². The molecule has 0 saturated carbocycles. The van der Waals surface area contributed by atoms with E-state index in [9.17, 15) is 55.9 Å². The Bertz CT molecular complexity index is 911. The standard InChI is InChI=1S/C24H40O18/c1-5-9(26)13(30)15(32)22(36-5)40-17-11(28)7(3)37-23(16(17)33)42-19-14(31)10(27)6(2)38-24(19)41-18-12(29)8(4-25)39-20(18)21(34)35/h5-20,22-33H,4H2,1-3H3,(H,34,35)/t5-,6-,7-,8+,9-,10-,11-,12+,13+,14+,15+,16+,17+,18-,19+,20-,22-,23-,24-/m0/s1. The van der Waals surface area contributed by atoms with E-state index in [2.05, 4.69) is 0 Å². The van der Waals surface area contributed by atoms with Gasteiger partial charge in [0, 0.05) is 0 Å². The number of hydrogen-bond acceptors (Lipinski definition) is 17. The number of hydrogen-bond donors (Lipinski definition) is 10. The van der Waals surface area contributed by atoms with E-state index < -0.39 is 129 Å². The minimum Gasteiger partial charge on any atom is -0.479 e. The molecule has 42 heavy (non-hydrogen) atoms. The molecular formula is C24H40O18. The number of aliphatic hydroxyl groups is 9. The van der Waals surface area contributed by atoms with Gasteiger partial charge in [0.2, 0.25) is 0 Å². The van der Waals surface area contributed by atoms with E-state index in [0.29, 0.717) is 0 Å². The van der Waals surface area contributed by atoms with Crippen LogP contribution in [0.4, 0.5) is 0 Å². The topological polar surface area (TPSA) is 284 Å². The van der Waals surface area contributed by atoms with Crippen LogP contribution in [0.2, 0.25) is 0 Å². The summed E-state index contributed by atoms with van der Waals surface area (Å²) in [5.41, 5.74) is 0. The average molecular weight is 617 g/mol. The molecule has 19 atom stereocenters. The zero-order chi connectivity index (χ0) is 31.2. The van der Waals surface area contributed by atoms with Crippen LogP contribution in [0.5, 0.6) is 0 Å². The summed E-state index contributed by atoms with van der Waals surface area (Å²) in [7, 11) is 0. The van der Waals surface area contributed by atoms with Gasteiger partial charge in [0.05, 0.1) is 24.9 Å². The molecule has 244 valence electrons. The van der Waals surface area contributed by atoms with Crippen LogP contribution in [0.3, 0.4) is 0 Å². The van der Waals surface area contributed by atoms with Gasteiger partial charge in [-0.3, -0.25) is 0 Å². The van der Waals surface area contributed by atoms with Crippen LogP contribution in [0.1, 0.15) is 20.8 Å². The third kappa shape index (κ3) is 6.45. The third-order valence-corrected chi connectivity index (χ3v) is 8.01. The fraction of sp³-hybridized carbons (Fsp3) is 0.958. The van der Waals surface area contributed by atoms with E-state index in [1.165, 1.54) is 20.8 Å². The molecule has 0 aliphatic carbocycles. The molecule has 0 aromatic heterocycles. The van der Waals surface area contributed by atoms with Crippen molar-refractivity contribution in [2.45, 2.75) is 137 Å². The Morgan fingerprint density at radius 1 is 0.548 bits per heavy atom. The molecular weight excluding hydrogens is 576 g/mol. The van der Waals surface area contributed by atoms with Crippen molar-refractivity contribution in [2.75, 3.05) is 6.61 Å². The minimum absolute atomic E-state index is 0.730. The van der Waals surface area contributed by atoms with Crippen molar-refractivity contribution in [3.05, 3.63) is 0 Å². The first kappa shape index (κ1) is 33.7. The molecule has 4 heterocycles. The maximum atomic E-state index is 11.7. The zero-order valence-corrected chi connectivity index (χ0v) is 22.9. The smallest absolute Gasteiger partial charge is 0.335 e. The zero-order valence-electron chi connectivity index (χ0n) is 22.9. The number of carboxylic acids is 1. The van der Waals surface area contributed by atoms with Gasteiger partial charge in [-0.25, -0.2) is 4.79 Å². The fourth-order valence-corrected chi connectivity index (χ4v) is 5.36. The lowest BCUT2D eigenvalue weighted by molar-refractivity contribution is -0.384. The molecule has 4 fully saturated rings. The summed E-state index contributed by atoms with van der Waals surface area (Å²) in [6, 6.07) is 0. The number of rotatable bonds is 8.